The van der Waals surface area contributed by atoms with Crippen molar-refractivity contribution in [1.29, 1.82) is 0 Å². The molecule has 0 spiro atoms. The molecule has 4 heteroatoms. The molecule has 1 aromatic rings. The van der Waals surface area contributed by atoms with E-state index in [9.17, 15) is 5.11 Å². The SMILES string of the molecule is Cl.Oc1ccc([C@H]2CCN2)cc1Br. The van der Waals surface area contributed by atoms with E-state index in [1.165, 1.54) is 12.0 Å². The lowest BCUT2D eigenvalue weighted by atomic mass is 9.98. The van der Waals surface area contributed by atoms with Gasteiger partial charge >= 0.3 is 0 Å². The Morgan fingerprint density at radius 1 is 1.46 bits per heavy atom. The Morgan fingerprint density at radius 3 is 2.62 bits per heavy atom. The average Bonchev–Trinajstić information content (AvgIpc) is 1.93. The highest BCUT2D eigenvalue weighted by Crippen LogP contribution is 2.30. The van der Waals surface area contributed by atoms with Crippen molar-refractivity contribution in [3.8, 4) is 5.75 Å². The first kappa shape index (κ1) is 10.8. The van der Waals surface area contributed by atoms with Gasteiger partial charge in [-0.2, -0.15) is 0 Å². The lowest BCUT2D eigenvalue weighted by Gasteiger charge is -2.28. The van der Waals surface area contributed by atoms with Gasteiger partial charge in [0.05, 0.1) is 4.47 Å². The molecule has 1 saturated heterocycles. The smallest absolute Gasteiger partial charge is 0.129 e. The molecule has 0 aromatic heterocycles. The molecule has 1 heterocycles. The van der Waals surface area contributed by atoms with E-state index in [1.807, 2.05) is 12.1 Å². The molecule has 0 bridgehead atoms. The molecule has 1 aromatic carbocycles. The van der Waals surface area contributed by atoms with Crippen molar-refractivity contribution in [2.45, 2.75) is 12.5 Å². The zero-order chi connectivity index (χ0) is 8.55. The van der Waals surface area contributed by atoms with Crippen molar-refractivity contribution >= 4 is 28.3 Å². The maximum absolute atomic E-state index is 9.25. The van der Waals surface area contributed by atoms with Gasteiger partial charge in [-0.25, -0.2) is 0 Å². The van der Waals surface area contributed by atoms with Gasteiger partial charge in [-0.05, 0) is 46.6 Å². The van der Waals surface area contributed by atoms with E-state index in [0.717, 1.165) is 11.0 Å². The van der Waals surface area contributed by atoms with Gasteiger partial charge in [0, 0.05) is 6.04 Å². The molecule has 1 aliphatic heterocycles. The van der Waals surface area contributed by atoms with Crippen LogP contribution < -0.4 is 5.32 Å². The van der Waals surface area contributed by atoms with E-state index in [2.05, 4.69) is 21.2 Å². The van der Waals surface area contributed by atoms with E-state index in [4.69, 9.17) is 0 Å². The summed E-state index contributed by atoms with van der Waals surface area (Å²) in [6.07, 6.45) is 1.19. The summed E-state index contributed by atoms with van der Waals surface area (Å²) in [7, 11) is 0. The summed E-state index contributed by atoms with van der Waals surface area (Å²) in [6, 6.07) is 6.13. The van der Waals surface area contributed by atoms with Crippen LogP contribution in [0.25, 0.3) is 0 Å². The Labute approximate surface area is 91.9 Å². The van der Waals surface area contributed by atoms with Crippen LogP contribution in [0, 0.1) is 0 Å². The highest BCUT2D eigenvalue weighted by atomic mass is 79.9. The number of halogens is 2. The van der Waals surface area contributed by atoms with Crippen LogP contribution in [0.15, 0.2) is 22.7 Å². The Kier molecular flexibility index (Phi) is 3.59. The fourth-order valence-corrected chi connectivity index (χ4v) is 1.71. The Bertz CT molecular complexity index is 302. The molecule has 0 aliphatic carbocycles. The van der Waals surface area contributed by atoms with Crippen molar-refractivity contribution in [1.82, 2.24) is 5.32 Å². The van der Waals surface area contributed by atoms with Crippen molar-refractivity contribution in [3.63, 3.8) is 0 Å². The number of phenols is 1. The van der Waals surface area contributed by atoms with Gasteiger partial charge in [-0.3, -0.25) is 0 Å². The van der Waals surface area contributed by atoms with Crippen LogP contribution in [0.5, 0.6) is 5.75 Å². The summed E-state index contributed by atoms with van der Waals surface area (Å²) >= 11 is 3.29. The van der Waals surface area contributed by atoms with Crippen LogP contribution in [0.3, 0.4) is 0 Å². The quantitative estimate of drug-likeness (QED) is 0.817. The van der Waals surface area contributed by atoms with Crippen LogP contribution in [0.4, 0.5) is 0 Å². The summed E-state index contributed by atoms with van der Waals surface area (Å²) in [4.78, 5) is 0. The van der Waals surface area contributed by atoms with Gasteiger partial charge in [0.25, 0.3) is 0 Å². The number of phenolic OH excluding ortho intramolecular Hbond substituents is 1. The number of benzene rings is 1. The van der Waals surface area contributed by atoms with Gasteiger partial charge in [-0.1, -0.05) is 6.07 Å². The van der Waals surface area contributed by atoms with Crippen LogP contribution in [0.2, 0.25) is 0 Å². The standard InChI is InChI=1S/C9H10BrNO.ClH/c10-7-5-6(1-2-9(7)12)8-3-4-11-8;/h1-2,5,8,11-12H,3-4H2;1H/t8-;/m1./s1. The average molecular weight is 265 g/mol. The number of hydrogen-bond acceptors (Lipinski definition) is 2. The van der Waals surface area contributed by atoms with E-state index in [1.54, 1.807) is 6.07 Å². The van der Waals surface area contributed by atoms with Gasteiger partial charge in [0.1, 0.15) is 5.75 Å². The lowest BCUT2D eigenvalue weighted by molar-refractivity contribution is 0.382. The van der Waals surface area contributed by atoms with Gasteiger partial charge < -0.3 is 10.4 Å². The summed E-state index contributed by atoms with van der Waals surface area (Å²) in [5.74, 6) is 0.304. The van der Waals surface area contributed by atoms with Crippen molar-refractivity contribution in [3.05, 3.63) is 28.2 Å². The molecule has 2 rings (SSSR count). The van der Waals surface area contributed by atoms with Crippen LogP contribution >= 0.6 is 28.3 Å². The zero-order valence-corrected chi connectivity index (χ0v) is 9.36. The molecule has 1 aliphatic rings. The third-order valence-electron chi connectivity index (χ3n) is 2.20. The van der Waals surface area contributed by atoms with Gasteiger partial charge in [0.2, 0.25) is 0 Å². The highest BCUT2D eigenvalue weighted by Gasteiger charge is 2.18. The molecule has 2 nitrogen and oxygen atoms in total. The molecule has 0 saturated carbocycles. The number of nitrogens with one attached hydrogen (secondary N) is 1. The maximum atomic E-state index is 9.25. The first-order valence-corrected chi connectivity index (χ1v) is 4.78. The minimum Gasteiger partial charge on any atom is -0.507 e. The Hall–Kier alpha value is -0.250. The second-order valence-corrected chi connectivity index (χ2v) is 3.86. The molecule has 0 unspecified atom stereocenters. The molecular formula is C9H11BrClNO. The third-order valence-corrected chi connectivity index (χ3v) is 2.83. The van der Waals surface area contributed by atoms with E-state index in [0.29, 0.717) is 11.8 Å². The van der Waals surface area contributed by atoms with Gasteiger partial charge in [0.15, 0.2) is 0 Å². The Balaban J connectivity index is 0.000000845. The van der Waals surface area contributed by atoms with Crippen LogP contribution in [-0.4, -0.2) is 11.7 Å². The van der Waals surface area contributed by atoms with Crippen LogP contribution in [-0.2, 0) is 0 Å². The molecule has 72 valence electrons. The summed E-state index contributed by atoms with van der Waals surface area (Å²) < 4.78 is 0.772. The lowest BCUT2D eigenvalue weighted by Crippen LogP contribution is -2.34. The molecule has 0 amide bonds. The molecular weight excluding hydrogens is 253 g/mol. The van der Waals surface area contributed by atoms with E-state index in [-0.39, 0.29) is 12.4 Å². The van der Waals surface area contributed by atoms with Crippen molar-refractivity contribution < 1.29 is 5.11 Å². The van der Waals surface area contributed by atoms with E-state index < -0.39 is 0 Å². The van der Waals surface area contributed by atoms with E-state index >= 15 is 0 Å². The molecule has 2 N–H and O–H groups in total. The van der Waals surface area contributed by atoms with Crippen LogP contribution in [0.1, 0.15) is 18.0 Å². The fourth-order valence-electron chi connectivity index (χ4n) is 1.31. The Morgan fingerprint density at radius 2 is 2.15 bits per heavy atom. The van der Waals surface area contributed by atoms with Crippen molar-refractivity contribution in [2.24, 2.45) is 0 Å². The normalized spacial score (nSPS) is 20.2. The van der Waals surface area contributed by atoms with Gasteiger partial charge in [-0.15, -0.1) is 12.4 Å². The predicted molar refractivity (Wildman–Crippen MR) is 58.4 cm³/mol. The second kappa shape index (κ2) is 4.31. The number of aromatic hydroxyl groups is 1. The third kappa shape index (κ3) is 2.16. The minimum absolute atomic E-state index is 0. The second-order valence-electron chi connectivity index (χ2n) is 3.01. The summed E-state index contributed by atoms with van der Waals surface area (Å²) in [6.45, 7) is 1.10. The predicted octanol–water partition coefficient (Wildman–Crippen LogP) is 2.61. The number of hydrogen-bond donors (Lipinski definition) is 2. The molecule has 0 radical (unpaired) electrons. The largest absolute Gasteiger partial charge is 0.507 e. The number of rotatable bonds is 1. The minimum atomic E-state index is 0. The summed E-state index contributed by atoms with van der Waals surface area (Å²) in [5, 5.41) is 12.6. The van der Waals surface area contributed by atoms with Crippen molar-refractivity contribution in [2.75, 3.05) is 6.54 Å². The first-order valence-electron chi connectivity index (χ1n) is 3.99. The molecule has 13 heavy (non-hydrogen) atoms. The molecule has 1 fully saturated rings. The first-order chi connectivity index (χ1) is 5.77. The highest BCUT2D eigenvalue weighted by molar-refractivity contribution is 9.10. The monoisotopic (exact) mass is 263 g/mol. The topological polar surface area (TPSA) is 32.3 Å². The zero-order valence-electron chi connectivity index (χ0n) is 6.96. The summed E-state index contributed by atoms with van der Waals surface area (Å²) in [5.41, 5.74) is 1.24. The maximum Gasteiger partial charge on any atom is 0.129 e. The fraction of sp³-hybridized carbons (Fsp3) is 0.333. The molecule has 1 atom stereocenters.